The summed E-state index contributed by atoms with van der Waals surface area (Å²) in [7, 11) is 0. The van der Waals surface area contributed by atoms with Crippen LogP contribution in [0.25, 0.3) is 21.9 Å². The molecular formula is C23H24O. The van der Waals surface area contributed by atoms with Gasteiger partial charge < -0.3 is 5.11 Å². The molecule has 0 amide bonds. The fraction of sp³-hybridized carbons (Fsp3) is 0.304. The van der Waals surface area contributed by atoms with E-state index in [1.807, 2.05) is 0 Å². The molecule has 0 aliphatic heterocycles. The summed E-state index contributed by atoms with van der Waals surface area (Å²) in [4.78, 5) is 0. The van der Waals surface area contributed by atoms with Crippen molar-refractivity contribution in [3.63, 3.8) is 0 Å². The van der Waals surface area contributed by atoms with Gasteiger partial charge in [0.1, 0.15) is 0 Å². The van der Waals surface area contributed by atoms with E-state index in [2.05, 4.69) is 75.4 Å². The van der Waals surface area contributed by atoms with Crippen molar-refractivity contribution in [2.75, 3.05) is 0 Å². The molecule has 0 heterocycles. The quantitative estimate of drug-likeness (QED) is 0.591. The van der Waals surface area contributed by atoms with Gasteiger partial charge in [-0.05, 0) is 70.3 Å². The van der Waals surface area contributed by atoms with Crippen LogP contribution in [0.3, 0.4) is 0 Å². The maximum Gasteiger partial charge on any atom is 0.0793 e. The fourth-order valence-corrected chi connectivity index (χ4v) is 3.97. The highest BCUT2D eigenvalue weighted by atomic mass is 16.3. The summed E-state index contributed by atoms with van der Waals surface area (Å²) in [5.41, 5.74) is 6.23. The summed E-state index contributed by atoms with van der Waals surface area (Å²) >= 11 is 0. The Balaban J connectivity index is 1.83. The molecule has 0 fully saturated rings. The minimum Gasteiger partial charge on any atom is -0.388 e. The van der Waals surface area contributed by atoms with Crippen molar-refractivity contribution in [1.29, 1.82) is 0 Å². The molecule has 0 saturated heterocycles. The Morgan fingerprint density at radius 3 is 2.38 bits per heavy atom. The lowest BCUT2D eigenvalue weighted by molar-refractivity contribution is 0.139. The van der Waals surface area contributed by atoms with E-state index in [9.17, 15) is 5.11 Å². The molecule has 1 aliphatic rings. The first-order valence-corrected chi connectivity index (χ1v) is 8.77. The molecular weight excluding hydrogens is 292 g/mol. The van der Waals surface area contributed by atoms with Gasteiger partial charge in [-0.15, -0.1) is 0 Å². The van der Waals surface area contributed by atoms with E-state index in [1.54, 1.807) is 0 Å². The van der Waals surface area contributed by atoms with Gasteiger partial charge in [0.15, 0.2) is 0 Å². The number of hydrogen-bond acceptors (Lipinski definition) is 1. The smallest absolute Gasteiger partial charge is 0.0793 e. The second-order valence-corrected chi connectivity index (χ2v) is 7.81. The molecule has 1 aliphatic carbocycles. The van der Waals surface area contributed by atoms with E-state index in [1.165, 1.54) is 33.0 Å². The monoisotopic (exact) mass is 316 g/mol. The van der Waals surface area contributed by atoms with Crippen LogP contribution in [-0.2, 0) is 5.41 Å². The summed E-state index contributed by atoms with van der Waals surface area (Å²) in [6.07, 6.45) is 1.55. The van der Waals surface area contributed by atoms with Gasteiger partial charge in [0.25, 0.3) is 0 Å². The first-order chi connectivity index (χ1) is 11.4. The fourth-order valence-electron chi connectivity index (χ4n) is 3.97. The number of rotatable bonds is 1. The molecule has 0 spiro atoms. The van der Waals surface area contributed by atoms with Crippen LogP contribution in [0.2, 0.25) is 0 Å². The molecule has 1 nitrogen and oxygen atoms in total. The maximum absolute atomic E-state index is 10.5. The molecule has 1 atom stereocenters. The Labute approximate surface area is 144 Å². The van der Waals surface area contributed by atoms with Gasteiger partial charge >= 0.3 is 0 Å². The van der Waals surface area contributed by atoms with E-state index in [-0.39, 0.29) is 11.5 Å². The highest BCUT2D eigenvalue weighted by Crippen LogP contribution is 2.43. The van der Waals surface area contributed by atoms with Crippen LogP contribution in [0.15, 0.2) is 54.6 Å². The average molecular weight is 316 g/mol. The van der Waals surface area contributed by atoms with E-state index in [0.717, 1.165) is 18.4 Å². The van der Waals surface area contributed by atoms with Gasteiger partial charge in [-0.3, -0.25) is 0 Å². The standard InChI is InChI=1S/C23H24O/c1-15-4-5-17-13-18(7-6-16(17)12-15)19-8-9-21-20(14-19)22(24)10-11-23(21,2)3/h4-9,12-14,22,24H,10-11H2,1-3H3. The minimum atomic E-state index is -0.337. The van der Waals surface area contributed by atoms with E-state index in [0.29, 0.717) is 0 Å². The highest BCUT2D eigenvalue weighted by Gasteiger charge is 2.31. The zero-order chi connectivity index (χ0) is 16.9. The number of aliphatic hydroxyl groups excluding tert-OH is 1. The number of aliphatic hydroxyl groups is 1. The van der Waals surface area contributed by atoms with E-state index in [4.69, 9.17) is 0 Å². The maximum atomic E-state index is 10.5. The van der Waals surface area contributed by atoms with E-state index < -0.39 is 0 Å². The second-order valence-electron chi connectivity index (χ2n) is 7.81. The summed E-state index contributed by atoms with van der Waals surface area (Å²) in [5, 5.41) is 13.0. The van der Waals surface area contributed by atoms with Gasteiger partial charge in [-0.2, -0.15) is 0 Å². The van der Waals surface area contributed by atoms with Gasteiger partial charge in [0, 0.05) is 0 Å². The third kappa shape index (κ3) is 2.53. The molecule has 3 aromatic carbocycles. The Bertz CT molecular complexity index is 920. The number of aryl methyl sites for hydroxylation is 1. The normalized spacial score (nSPS) is 19.2. The van der Waals surface area contributed by atoms with Crippen LogP contribution >= 0.6 is 0 Å². The summed E-state index contributed by atoms with van der Waals surface area (Å²) in [5.74, 6) is 0. The molecule has 24 heavy (non-hydrogen) atoms. The summed E-state index contributed by atoms with van der Waals surface area (Å²) in [6, 6.07) is 19.8. The van der Waals surface area contributed by atoms with Crippen molar-refractivity contribution in [3.8, 4) is 11.1 Å². The van der Waals surface area contributed by atoms with Gasteiger partial charge in [0.2, 0.25) is 0 Å². The van der Waals surface area contributed by atoms with Crippen molar-refractivity contribution in [3.05, 3.63) is 71.3 Å². The Morgan fingerprint density at radius 1 is 0.875 bits per heavy atom. The first-order valence-electron chi connectivity index (χ1n) is 8.77. The van der Waals surface area contributed by atoms with Crippen LogP contribution in [0.1, 0.15) is 49.5 Å². The van der Waals surface area contributed by atoms with Crippen molar-refractivity contribution in [2.24, 2.45) is 0 Å². The highest BCUT2D eigenvalue weighted by molar-refractivity contribution is 5.88. The average Bonchev–Trinajstić information content (AvgIpc) is 2.58. The molecule has 0 saturated carbocycles. The van der Waals surface area contributed by atoms with Crippen LogP contribution in [0, 0.1) is 6.92 Å². The first kappa shape index (κ1) is 15.4. The summed E-state index contributed by atoms with van der Waals surface area (Å²) < 4.78 is 0. The van der Waals surface area contributed by atoms with Gasteiger partial charge in [0.05, 0.1) is 6.10 Å². The van der Waals surface area contributed by atoms with Gasteiger partial charge in [-0.25, -0.2) is 0 Å². The molecule has 122 valence electrons. The molecule has 1 N–H and O–H groups in total. The third-order valence-electron chi connectivity index (χ3n) is 5.51. The molecule has 1 unspecified atom stereocenters. The summed E-state index contributed by atoms with van der Waals surface area (Å²) in [6.45, 7) is 6.67. The molecule has 0 aromatic heterocycles. The topological polar surface area (TPSA) is 20.2 Å². The zero-order valence-electron chi connectivity index (χ0n) is 14.6. The number of hydrogen-bond donors (Lipinski definition) is 1. The SMILES string of the molecule is Cc1ccc2cc(-c3ccc4c(c3)C(O)CCC4(C)C)ccc2c1. The van der Waals surface area contributed by atoms with Crippen molar-refractivity contribution in [1.82, 2.24) is 0 Å². The van der Waals surface area contributed by atoms with Crippen molar-refractivity contribution < 1.29 is 5.11 Å². The lowest BCUT2D eigenvalue weighted by Crippen LogP contribution is -2.26. The Morgan fingerprint density at radius 2 is 1.54 bits per heavy atom. The third-order valence-corrected chi connectivity index (χ3v) is 5.51. The van der Waals surface area contributed by atoms with Gasteiger partial charge in [-0.1, -0.05) is 61.9 Å². The Kier molecular flexibility index (Phi) is 3.51. The predicted octanol–water partition coefficient (Wildman–Crippen LogP) is 5.92. The zero-order valence-corrected chi connectivity index (χ0v) is 14.6. The van der Waals surface area contributed by atoms with Crippen molar-refractivity contribution in [2.45, 2.75) is 45.1 Å². The molecule has 1 heteroatoms. The second kappa shape index (κ2) is 5.46. The van der Waals surface area contributed by atoms with E-state index >= 15 is 0 Å². The Hall–Kier alpha value is -2.12. The lowest BCUT2D eigenvalue weighted by Gasteiger charge is -2.35. The lowest BCUT2D eigenvalue weighted by atomic mass is 9.71. The molecule has 3 aromatic rings. The molecule has 0 radical (unpaired) electrons. The molecule has 4 rings (SSSR count). The molecule has 0 bridgehead atoms. The van der Waals surface area contributed by atoms with Crippen LogP contribution < -0.4 is 0 Å². The predicted molar refractivity (Wildman–Crippen MR) is 101 cm³/mol. The number of benzene rings is 3. The van der Waals surface area contributed by atoms with Crippen LogP contribution in [-0.4, -0.2) is 5.11 Å². The van der Waals surface area contributed by atoms with Crippen LogP contribution in [0.4, 0.5) is 0 Å². The minimum absolute atomic E-state index is 0.147. The van der Waals surface area contributed by atoms with Crippen molar-refractivity contribution >= 4 is 10.8 Å². The number of fused-ring (bicyclic) bond motifs is 2. The van der Waals surface area contributed by atoms with Crippen LogP contribution in [0.5, 0.6) is 0 Å². The largest absolute Gasteiger partial charge is 0.388 e.